The molecular formula is C28H44F2O4. The topological polar surface area (TPSA) is 47.9 Å². The molecule has 2 aliphatic rings. The Balaban J connectivity index is 1.47. The molecule has 34 heavy (non-hydrogen) atoms. The van der Waals surface area contributed by atoms with Gasteiger partial charge in [-0.05, 0) is 132 Å². The van der Waals surface area contributed by atoms with Gasteiger partial charge >= 0.3 is 0 Å². The van der Waals surface area contributed by atoms with Crippen LogP contribution in [-0.4, -0.2) is 36.4 Å². The molecule has 3 unspecified atom stereocenters. The third-order valence-electron chi connectivity index (χ3n) is 8.25. The summed E-state index contributed by atoms with van der Waals surface area (Å²) in [7, 11) is 0. The molecule has 1 N–H and O–H groups in total. The van der Waals surface area contributed by atoms with Crippen LogP contribution in [0.3, 0.4) is 0 Å². The van der Waals surface area contributed by atoms with Gasteiger partial charge in [-0.2, -0.15) is 0 Å². The Labute approximate surface area is 204 Å². The summed E-state index contributed by atoms with van der Waals surface area (Å²) in [4.78, 5) is 14.9. The van der Waals surface area contributed by atoms with Crippen LogP contribution < -0.4 is 0 Å². The van der Waals surface area contributed by atoms with E-state index in [1.54, 1.807) is 0 Å². The summed E-state index contributed by atoms with van der Waals surface area (Å²) >= 11 is 0. The smallest absolute Gasteiger partial charge is 0.127 e. The minimum absolute atomic E-state index is 0.000602. The lowest BCUT2D eigenvalue weighted by Gasteiger charge is -2.33. The average molecular weight is 483 g/mol. The van der Waals surface area contributed by atoms with Gasteiger partial charge in [0.25, 0.3) is 0 Å². The number of benzene rings is 1. The molecule has 0 saturated heterocycles. The minimum Gasteiger partial charge on any atom is -0.251 e. The highest BCUT2D eigenvalue weighted by Crippen LogP contribution is 2.36. The van der Waals surface area contributed by atoms with Crippen molar-refractivity contribution in [2.45, 2.75) is 116 Å². The van der Waals surface area contributed by atoms with E-state index in [0.29, 0.717) is 11.8 Å². The highest BCUT2D eigenvalue weighted by Gasteiger charge is 2.32. The van der Waals surface area contributed by atoms with Crippen molar-refractivity contribution in [3.8, 4) is 0 Å². The second-order valence-corrected chi connectivity index (χ2v) is 10.9. The molecule has 2 fully saturated rings. The quantitative estimate of drug-likeness (QED) is 0.266. The van der Waals surface area contributed by atoms with E-state index in [2.05, 4.69) is 30.9 Å². The SMILES string of the molecule is Cc1c(CC2CCC(OOCC(C)F)CC2)ccc(CC2CCC(C(OO)C(C)F)CC2)c1C. The van der Waals surface area contributed by atoms with E-state index < -0.39 is 18.4 Å². The Bertz CT molecular complexity index is 738. The summed E-state index contributed by atoms with van der Waals surface area (Å²) in [5.74, 6) is 1.36. The normalized spacial score (nSPS) is 28.4. The molecule has 2 saturated carbocycles. The molecule has 6 heteroatoms. The van der Waals surface area contributed by atoms with Crippen molar-refractivity contribution in [3.63, 3.8) is 0 Å². The van der Waals surface area contributed by atoms with Gasteiger partial charge in [-0.3, -0.25) is 5.26 Å². The van der Waals surface area contributed by atoms with Crippen molar-refractivity contribution < 1.29 is 28.7 Å². The molecule has 3 rings (SSSR count). The zero-order valence-electron chi connectivity index (χ0n) is 21.4. The van der Waals surface area contributed by atoms with Gasteiger partial charge < -0.3 is 0 Å². The van der Waals surface area contributed by atoms with Crippen LogP contribution >= 0.6 is 0 Å². The minimum atomic E-state index is -1.15. The van der Waals surface area contributed by atoms with Gasteiger partial charge in [0, 0.05) is 0 Å². The summed E-state index contributed by atoms with van der Waals surface area (Å²) < 4.78 is 26.5. The van der Waals surface area contributed by atoms with E-state index in [-0.39, 0.29) is 18.6 Å². The molecule has 2 aliphatic carbocycles. The molecule has 0 bridgehead atoms. The van der Waals surface area contributed by atoms with E-state index in [0.717, 1.165) is 64.2 Å². The second-order valence-electron chi connectivity index (χ2n) is 10.9. The Morgan fingerprint density at radius 2 is 1.35 bits per heavy atom. The van der Waals surface area contributed by atoms with Gasteiger partial charge in [0.2, 0.25) is 0 Å². The van der Waals surface area contributed by atoms with Gasteiger partial charge in [-0.1, -0.05) is 12.1 Å². The molecule has 194 valence electrons. The van der Waals surface area contributed by atoms with Crippen LogP contribution in [0.25, 0.3) is 0 Å². The Hall–Kier alpha value is -1.08. The maximum atomic E-state index is 13.7. The first-order valence-electron chi connectivity index (χ1n) is 13.2. The van der Waals surface area contributed by atoms with E-state index >= 15 is 0 Å². The predicted molar refractivity (Wildman–Crippen MR) is 130 cm³/mol. The van der Waals surface area contributed by atoms with Crippen molar-refractivity contribution in [3.05, 3.63) is 34.4 Å². The number of rotatable bonds is 11. The summed E-state index contributed by atoms with van der Waals surface area (Å²) in [5.41, 5.74) is 5.68. The lowest BCUT2D eigenvalue weighted by Crippen LogP contribution is -2.34. The first-order chi connectivity index (χ1) is 16.3. The number of hydrogen-bond acceptors (Lipinski definition) is 4. The highest BCUT2D eigenvalue weighted by atomic mass is 19.1. The average Bonchev–Trinajstić information content (AvgIpc) is 2.81. The fourth-order valence-corrected chi connectivity index (χ4v) is 5.92. The van der Waals surface area contributed by atoms with Gasteiger partial charge in [0.15, 0.2) is 0 Å². The maximum Gasteiger partial charge on any atom is 0.127 e. The van der Waals surface area contributed by atoms with Gasteiger partial charge in [-0.25, -0.2) is 23.4 Å². The summed E-state index contributed by atoms with van der Waals surface area (Å²) in [6, 6.07) is 4.63. The van der Waals surface area contributed by atoms with E-state index in [4.69, 9.17) is 15.0 Å². The summed E-state index contributed by atoms with van der Waals surface area (Å²) in [5, 5.41) is 9.06. The first kappa shape index (κ1) is 27.5. The third kappa shape index (κ3) is 7.71. The molecule has 0 aliphatic heterocycles. The molecular weight excluding hydrogens is 438 g/mol. The Morgan fingerprint density at radius 3 is 1.79 bits per heavy atom. The summed E-state index contributed by atoms with van der Waals surface area (Å²) in [6.07, 6.45) is 7.47. The van der Waals surface area contributed by atoms with Crippen LogP contribution in [0.1, 0.15) is 87.5 Å². The monoisotopic (exact) mass is 482 g/mol. The van der Waals surface area contributed by atoms with Crippen LogP contribution in [0.4, 0.5) is 8.78 Å². The molecule has 0 aromatic heterocycles. The van der Waals surface area contributed by atoms with Crippen LogP contribution in [0.15, 0.2) is 12.1 Å². The Kier molecular flexibility index (Phi) is 10.8. The second kappa shape index (κ2) is 13.3. The van der Waals surface area contributed by atoms with Crippen LogP contribution in [0.2, 0.25) is 0 Å². The standard InChI is InChI=1S/C28H44F2O4/c1-18(29)17-32-34-27-13-7-23(8-14-27)16-26-12-11-25(19(2)20(26)3)15-22-5-9-24(10-6-22)28(33-31)21(4)30/h11-12,18,21-24,27-28,31H,5-10,13-17H2,1-4H3. The number of alkyl halides is 2. The van der Waals surface area contributed by atoms with Gasteiger partial charge in [-0.15, -0.1) is 0 Å². The lowest BCUT2D eigenvalue weighted by molar-refractivity contribution is -0.334. The molecule has 0 amide bonds. The Morgan fingerprint density at radius 1 is 0.853 bits per heavy atom. The highest BCUT2D eigenvalue weighted by molar-refractivity contribution is 5.40. The predicted octanol–water partition coefficient (Wildman–Crippen LogP) is 7.28. The van der Waals surface area contributed by atoms with E-state index in [1.165, 1.54) is 36.1 Å². The summed E-state index contributed by atoms with van der Waals surface area (Å²) in [6.45, 7) is 7.43. The number of hydrogen-bond donors (Lipinski definition) is 1. The lowest BCUT2D eigenvalue weighted by atomic mass is 9.75. The van der Waals surface area contributed by atoms with Crippen LogP contribution in [0, 0.1) is 31.6 Å². The van der Waals surface area contributed by atoms with E-state index in [9.17, 15) is 8.78 Å². The largest absolute Gasteiger partial charge is 0.251 e. The molecule has 1 aromatic rings. The van der Waals surface area contributed by atoms with Crippen molar-refractivity contribution >= 4 is 0 Å². The van der Waals surface area contributed by atoms with Crippen molar-refractivity contribution in [2.75, 3.05) is 6.61 Å². The van der Waals surface area contributed by atoms with Crippen molar-refractivity contribution in [1.29, 1.82) is 0 Å². The fraction of sp³-hybridized carbons (Fsp3) is 0.786. The van der Waals surface area contributed by atoms with Crippen molar-refractivity contribution in [2.24, 2.45) is 17.8 Å². The maximum absolute atomic E-state index is 13.7. The zero-order valence-corrected chi connectivity index (χ0v) is 21.4. The zero-order chi connectivity index (χ0) is 24.7. The molecule has 0 radical (unpaired) electrons. The molecule has 4 nitrogen and oxygen atoms in total. The number of halogens is 2. The molecule has 1 aromatic carbocycles. The third-order valence-corrected chi connectivity index (χ3v) is 8.25. The molecule has 3 atom stereocenters. The van der Waals surface area contributed by atoms with Crippen LogP contribution in [-0.2, 0) is 27.5 Å². The van der Waals surface area contributed by atoms with Gasteiger partial charge in [0.05, 0.1) is 6.10 Å². The fourth-order valence-electron chi connectivity index (χ4n) is 5.92. The van der Waals surface area contributed by atoms with Gasteiger partial charge in [0.1, 0.15) is 25.1 Å². The van der Waals surface area contributed by atoms with Crippen molar-refractivity contribution in [1.82, 2.24) is 0 Å². The molecule has 0 heterocycles. The first-order valence-corrected chi connectivity index (χ1v) is 13.2. The molecule has 0 spiro atoms. The van der Waals surface area contributed by atoms with E-state index in [1.807, 2.05) is 0 Å². The van der Waals surface area contributed by atoms with Crippen LogP contribution in [0.5, 0.6) is 0 Å².